The Morgan fingerprint density at radius 2 is 2.05 bits per heavy atom. The summed E-state index contributed by atoms with van der Waals surface area (Å²) in [7, 11) is 2.13. The Balaban J connectivity index is 1.38. The molecule has 8 heteroatoms. The highest BCUT2D eigenvalue weighted by Crippen LogP contribution is 2.22. The van der Waals surface area contributed by atoms with Crippen molar-refractivity contribution < 1.29 is 0 Å². The predicted octanol–water partition coefficient (Wildman–Crippen LogP) is 0.235. The van der Waals surface area contributed by atoms with Gasteiger partial charge in [-0.1, -0.05) is 0 Å². The van der Waals surface area contributed by atoms with Gasteiger partial charge < -0.3 is 4.90 Å². The number of hydrogen-bond donors (Lipinski definition) is 0. The quantitative estimate of drug-likeness (QED) is 0.682. The summed E-state index contributed by atoms with van der Waals surface area (Å²) >= 11 is 0. The third-order valence-electron chi connectivity index (χ3n) is 4.00. The summed E-state index contributed by atoms with van der Waals surface area (Å²) < 4.78 is 1.70. The second-order valence-corrected chi connectivity index (χ2v) is 5.55. The molecule has 4 rings (SSSR count). The molecule has 0 aromatic carbocycles. The monoisotopic (exact) mass is 296 g/mol. The second-order valence-electron chi connectivity index (χ2n) is 5.55. The van der Waals surface area contributed by atoms with Crippen molar-refractivity contribution in [3.8, 4) is 0 Å². The van der Waals surface area contributed by atoms with Crippen LogP contribution >= 0.6 is 0 Å². The predicted molar refractivity (Wildman–Crippen MR) is 80.3 cm³/mol. The summed E-state index contributed by atoms with van der Waals surface area (Å²) in [6, 6.07) is 4.44. The molecule has 1 aliphatic heterocycles. The number of anilines is 1. The van der Waals surface area contributed by atoms with Crippen molar-refractivity contribution >= 4 is 11.5 Å². The third-order valence-corrected chi connectivity index (χ3v) is 4.00. The molecule has 0 N–H and O–H groups in total. The van der Waals surface area contributed by atoms with Crippen molar-refractivity contribution in [2.75, 3.05) is 25.0 Å². The van der Waals surface area contributed by atoms with Crippen LogP contribution in [0.25, 0.3) is 5.65 Å². The Hall–Kier alpha value is -2.61. The maximum Gasteiger partial charge on any atom is 0.177 e. The molecule has 3 aromatic rings. The SMILES string of the molecule is CN(Cc1cncnc1)C1CN(c2ccc3nncn3n2)C1. The van der Waals surface area contributed by atoms with Crippen molar-refractivity contribution in [3.05, 3.63) is 42.7 Å². The molecule has 0 aliphatic carbocycles. The number of hydrogen-bond acceptors (Lipinski definition) is 7. The highest BCUT2D eigenvalue weighted by molar-refractivity contribution is 5.47. The van der Waals surface area contributed by atoms with Gasteiger partial charge in [-0.3, -0.25) is 4.90 Å². The molecule has 4 heterocycles. The lowest BCUT2D eigenvalue weighted by molar-refractivity contribution is 0.196. The highest BCUT2D eigenvalue weighted by atomic mass is 15.4. The normalized spacial score (nSPS) is 15.5. The lowest BCUT2D eigenvalue weighted by Crippen LogP contribution is -2.58. The maximum absolute atomic E-state index is 4.51. The molecule has 22 heavy (non-hydrogen) atoms. The zero-order valence-corrected chi connectivity index (χ0v) is 12.2. The lowest BCUT2D eigenvalue weighted by atomic mass is 10.1. The lowest BCUT2D eigenvalue weighted by Gasteiger charge is -2.44. The van der Waals surface area contributed by atoms with Crippen LogP contribution in [0.3, 0.4) is 0 Å². The molecule has 8 nitrogen and oxygen atoms in total. The van der Waals surface area contributed by atoms with Gasteiger partial charge in [-0.15, -0.1) is 15.3 Å². The van der Waals surface area contributed by atoms with E-state index >= 15 is 0 Å². The summed E-state index contributed by atoms with van der Waals surface area (Å²) in [5.41, 5.74) is 1.90. The van der Waals surface area contributed by atoms with E-state index < -0.39 is 0 Å². The van der Waals surface area contributed by atoms with Gasteiger partial charge in [0.2, 0.25) is 0 Å². The Kier molecular flexibility index (Phi) is 3.15. The molecule has 0 bridgehead atoms. The first-order valence-electron chi connectivity index (χ1n) is 7.16. The summed E-state index contributed by atoms with van der Waals surface area (Å²) in [4.78, 5) is 12.7. The number of rotatable bonds is 4. The van der Waals surface area contributed by atoms with E-state index in [2.05, 4.69) is 42.1 Å². The van der Waals surface area contributed by atoms with Crippen LogP contribution in [0.4, 0.5) is 5.82 Å². The van der Waals surface area contributed by atoms with Crippen LogP contribution in [0.15, 0.2) is 37.2 Å². The molecular formula is C14H16N8. The zero-order chi connectivity index (χ0) is 14.9. The Labute approximate surface area is 127 Å². The van der Waals surface area contributed by atoms with E-state index in [-0.39, 0.29) is 0 Å². The number of aromatic nitrogens is 6. The van der Waals surface area contributed by atoms with Gasteiger partial charge in [0.05, 0.1) is 0 Å². The van der Waals surface area contributed by atoms with Gasteiger partial charge in [0.15, 0.2) is 5.65 Å². The molecular weight excluding hydrogens is 280 g/mol. The molecule has 0 unspecified atom stereocenters. The van der Waals surface area contributed by atoms with Crippen molar-refractivity contribution in [2.45, 2.75) is 12.6 Å². The van der Waals surface area contributed by atoms with Crippen LogP contribution in [0, 0.1) is 0 Å². The van der Waals surface area contributed by atoms with Gasteiger partial charge in [0, 0.05) is 43.6 Å². The molecule has 0 atom stereocenters. The number of likely N-dealkylation sites (N-methyl/N-ethyl adjacent to an activating group) is 1. The van der Waals surface area contributed by atoms with E-state index in [9.17, 15) is 0 Å². The molecule has 1 saturated heterocycles. The third kappa shape index (κ3) is 2.37. The molecule has 112 valence electrons. The molecule has 0 amide bonds. The minimum Gasteiger partial charge on any atom is -0.352 e. The van der Waals surface area contributed by atoms with Gasteiger partial charge in [0.1, 0.15) is 18.5 Å². The Bertz CT molecular complexity index is 765. The number of nitrogens with zero attached hydrogens (tertiary/aromatic N) is 8. The molecule has 0 spiro atoms. The highest BCUT2D eigenvalue weighted by Gasteiger charge is 2.31. The van der Waals surface area contributed by atoms with E-state index in [4.69, 9.17) is 0 Å². The van der Waals surface area contributed by atoms with Crippen molar-refractivity contribution in [3.63, 3.8) is 0 Å². The summed E-state index contributed by atoms with van der Waals surface area (Å²) in [5, 5.41) is 12.3. The van der Waals surface area contributed by atoms with Crippen LogP contribution in [-0.2, 0) is 6.54 Å². The molecule has 0 saturated carbocycles. The van der Waals surface area contributed by atoms with Crippen molar-refractivity contribution in [2.24, 2.45) is 0 Å². The standard InChI is InChI=1S/C14H16N8/c1-20(6-11-4-15-9-16-5-11)12-7-21(8-12)14-3-2-13-18-17-10-22(13)19-14/h2-5,9-10,12H,6-8H2,1H3. The fourth-order valence-corrected chi connectivity index (χ4v) is 2.64. The Morgan fingerprint density at radius 1 is 1.23 bits per heavy atom. The fourth-order valence-electron chi connectivity index (χ4n) is 2.64. The average molecular weight is 296 g/mol. The van der Waals surface area contributed by atoms with Gasteiger partial charge in [-0.2, -0.15) is 4.52 Å². The van der Waals surface area contributed by atoms with Crippen LogP contribution in [-0.4, -0.2) is 60.9 Å². The topological polar surface area (TPSA) is 75.3 Å². The van der Waals surface area contributed by atoms with E-state index in [1.54, 1.807) is 17.2 Å². The van der Waals surface area contributed by atoms with E-state index in [1.807, 2.05) is 24.5 Å². The summed E-state index contributed by atoms with van der Waals surface area (Å²) in [6.45, 7) is 2.78. The summed E-state index contributed by atoms with van der Waals surface area (Å²) in [6.07, 6.45) is 6.90. The van der Waals surface area contributed by atoms with E-state index in [0.717, 1.165) is 36.7 Å². The van der Waals surface area contributed by atoms with Gasteiger partial charge >= 0.3 is 0 Å². The molecule has 0 radical (unpaired) electrons. The summed E-state index contributed by atoms with van der Waals surface area (Å²) in [5.74, 6) is 0.958. The van der Waals surface area contributed by atoms with Crippen molar-refractivity contribution in [1.82, 2.24) is 34.7 Å². The van der Waals surface area contributed by atoms with Gasteiger partial charge in [-0.25, -0.2) is 9.97 Å². The second kappa shape index (κ2) is 5.30. The smallest absolute Gasteiger partial charge is 0.177 e. The van der Waals surface area contributed by atoms with Gasteiger partial charge in [0.25, 0.3) is 0 Å². The zero-order valence-electron chi connectivity index (χ0n) is 12.2. The van der Waals surface area contributed by atoms with E-state index in [0.29, 0.717) is 6.04 Å². The fraction of sp³-hybridized carbons (Fsp3) is 0.357. The maximum atomic E-state index is 4.51. The minimum absolute atomic E-state index is 0.513. The first kappa shape index (κ1) is 13.1. The largest absolute Gasteiger partial charge is 0.352 e. The molecule has 1 aliphatic rings. The number of fused-ring (bicyclic) bond motifs is 1. The first-order valence-corrected chi connectivity index (χ1v) is 7.16. The van der Waals surface area contributed by atoms with E-state index in [1.165, 1.54) is 0 Å². The first-order chi connectivity index (χ1) is 10.8. The minimum atomic E-state index is 0.513. The van der Waals surface area contributed by atoms with Crippen LogP contribution < -0.4 is 4.90 Å². The average Bonchev–Trinajstić information content (AvgIpc) is 2.94. The van der Waals surface area contributed by atoms with Crippen LogP contribution in [0.2, 0.25) is 0 Å². The van der Waals surface area contributed by atoms with Crippen LogP contribution in [0.1, 0.15) is 5.56 Å². The van der Waals surface area contributed by atoms with Crippen molar-refractivity contribution in [1.29, 1.82) is 0 Å². The van der Waals surface area contributed by atoms with Crippen LogP contribution in [0.5, 0.6) is 0 Å². The Morgan fingerprint density at radius 3 is 2.86 bits per heavy atom. The molecule has 1 fully saturated rings. The molecule has 3 aromatic heterocycles. The van der Waals surface area contributed by atoms with Gasteiger partial charge in [-0.05, 0) is 19.2 Å².